The molecular weight excluding hydrogens is 188 g/mol. The molecule has 5 nitrogen and oxygen atoms in total. The van der Waals surface area contributed by atoms with Crippen LogP contribution in [0.1, 0.15) is 13.8 Å². The summed E-state index contributed by atoms with van der Waals surface area (Å²) in [4.78, 5) is 10.8. The standard InChI is InChI=1S/C9H14O5/c1-9(2)13-6-7(14-9)5-12-8(11)3-4-10/h3-4,7,10H,5-6H2,1-2H3/b4-3+. The molecule has 1 heterocycles. The molecule has 1 saturated heterocycles. The van der Waals surface area contributed by atoms with Crippen molar-refractivity contribution in [1.29, 1.82) is 0 Å². The first-order valence-electron chi connectivity index (χ1n) is 4.33. The van der Waals surface area contributed by atoms with Crippen LogP contribution >= 0.6 is 0 Å². The van der Waals surface area contributed by atoms with Crippen LogP contribution in [-0.2, 0) is 19.0 Å². The summed E-state index contributed by atoms with van der Waals surface area (Å²) in [5, 5.41) is 8.27. The SMILES string of the molecule is CC1(C)OCC(COC(=O)/C=C/O)O1. The van der Waals surface area contributed by atoms with Gasteiger partial charge in [-0.15, -0.1) is 0 Å². The molecule has 0 bridgehead atoms. The third-order valence-corrected chi connectivity index (χ3v) is 1.69. The molecule has 0 spiro atoms. The Kier molecular flexibility index (Phi) is 3.49. The van der Waals surface area contributed by atoms with E-state index in [-0.39, 0.29) is 12.7 Å². The molecule has 1 unspecified atom stereocenters. The number of hydrogen-bond acceptors (Lipinski definition) is 5. The molecule has 5 heteroatoms. The fraction of sp³-hybridized carbons (Fsp3) is 0.667. The lowest BCUT2D eigenvalue weighted by Gasteiger charge is -2.16. The average molecular weight is 202 g/mol. The first-order valence-corrected chi connectivity index (χ1v) is 4.33. The van der Waals surface area contributed by atoms with Gasteiger partial charge in [-0.1, -0.05) is 0 Å². The summed E-state index contributed by atoms with van der Waals surface area (Å²) < 4.78 is 15.4. The smallest absolute Gasteiger partial charge is 0.333 e. The Hall–Kier alpha value is -1.07. The quantitative estimate of drug-likeness (QED) is 0.415. The lowest BCUT2D eigenvalue weighted by atomic mass is 10.4. The normalized spacial score (nSPS) is 25.4. The predicted octanol–water partition coefficient (Wildman–Crippen LogP) is 0.753. The monoisotopic (exact) mass is 202 g/mol. The molecular formula is C9H14O5. The molecule has 80 valence electrons. The molecule has 1 fully saturated rings. The highest BCUT2D eigenvalue weighted by molar-refractivity contribution is 5.81. The van der Waals surface area contributed by atoms with Crippen molar-refractivity contribution in [2.45, 2.75) is 25.7 Å². The molecule has 0 amide bonds. The highest BCUT2D eigenvalue weighted by Gasteiger charge is 2.33. The Morgan fingerprint density at radius 2 is 2.43 bits per heavy atom. The second-order valence-corrected chi connectivity index (χ2v) is 3.40. The number of aliphatic hydroxyl groups excluding tert-OH is 1. The second-order valence-electron chi connectivity index (χ2n) is 3.40. The lowest BCUT2D eigenvalue weighted by molar-refractivity contribution is -0.154. The Bertz CT molecular complexity index is 233. The van der Waals surface area contributed by atoms with Crippen molar-refractivity contribution < 1.29 is 24.1 Å². The van der Waals surface area contributed by atoms with Gasteiger partial charge in [0.25, 0.3) is 0 Å². The topological polar surface area (TPSA) is 65.0 Å². The van der Waals surface area contributed by atoms with Crippen molar-refractivity contribution in [1.82, 2.24) is 0 Å². The Morgan fingerprint density at radius 3 is 2.93 bits per heavy atom. The van der Waals surface area contributed by atoms with E-state index in [0.29, 0.717) is 12.9 Å². The Balaban J connectivity index is 2.24. The molecule has 1 aliphatic heterocycles. The molecule has 1 aliphatic rings. The molecule has 0 aromatic carbocycles. The van der Waals surface area contributed by atoms with Gasteiger partial charge in [-0.25, -0.2) is 4.79 Å². The maximum absolute atomic E-state index is 10.8. The summed E-state index contributed by atoms with van der Waals surface area (Å²) in [6, 6.07) is 0. The van der Waals surface area contributed by atoms with Crippen LogP contribution in [0.15, 0.2) is 12.3 Å². The Labute approximate surface area is 82.3 Å². The fourth-order valence-electron chi connectivity index (χ4n) is 1.13. The zero-order valence-corrected chi connectivity index (χ0v) is 8.23. The van der Waals surface area contributed by atoms with Gasteiger partial charge in [0, 0.05) is 0 Å². The number of hydrogen-bond donors (Lipinski definition) is 1. The van der Waals surface area contributed by atoms with Crippen molar-refractivity contribution in [2.24, 2.45) is 0 Å². The fourth-order valence-corrected chi connectivity index (χ4v) is 1.13. The van der Waals surface area contributed by atoms with Gasteiger partial charge in [-0.3, -0.25) is 0 Å². The number of carbonyl (C=O) groups is 1. The van der Waals surface area contributed by atoms with Gasteiger partial charge in [0.2, 0.25) is 0 Å². The molecule has 0 aromatic rings. The summed E-state index contributed by atoms with van der Waals surface area (Å²) in [5.74, 6) is -1.20. The van der Waals surface area contributed by atoms with Crippen LogP contribution < -0.4 is 0 Å². The van der Waals surface area contributed by atoms with Gasteiger partial charge < -0.3 is 19.3 Å². The van der Waals surface area contributed by atoms with Gasteiger partial charge in [0.15, 0.2) is 5.79 Å². The molecule has 0 radical (unpaired) electrons. The molecule has 1 N–H and O–H groups in total. The highest BCUT2D eigenvalue weighted by Crippen LogP contribution is 2.22. The molecule has 0 aromatic heterocycles. The third kappa shape index (κ3) is 3.35. The molecule has 1 rings (SSSR count). The maximum Gasteiger partial charge on any atom is 0.333 e. The Morgan fingerprint density at radius 1 is 1.71 bits per heavy atom. The number of rotatable bonds is 3. The van der Waals surface area contributed by atoms with Crippen molar-refractivity contribution >= 4 is 5.97 Å². The lowest BCUT2D eigenvalue weighted by Crippen LogP contribution is -2.24. The zero-order valence-electron chi connectivity index (χ0n) is 8.23. The molecule has 0 aliphatic carbocycles. The second kappa shape index (κ2) is 4.43. The van der Waals surface area contributed by atoms with Crippen molar-refractivity contribution in [3.63, 3.8) is 0 Å². The van der Waals surface area contributed by atoms with E-state index in [4.69, 9.17) is 19.3 Å². The van der Waals surface area contributed by atoms with E-state index >= 15 is 0 Å². The first-order chi connectivity index (χ1) is 6.53. The number of aliphatic hydroxyl groups is 1. The van der Waals surface area contributed by atoms with Crippen molar-refractivity contribution in [3.8, 4) is 0 Å². The third-order valence-electron chi connectivity index (χ3n) is 1.69. The van der Waals surface area contributed by atoms with Crippen molar-refractivity contribution in [2.75, 3.05) is 13.2 Å². The molecule has 0 saturated carbocycles. The van der Waals surface area contributed by atoms with Crippen molar-refractivity contribution in [3.05, 3.63) is 12.3 Å². The number of carbonyl (C=O) groups excluding carboxylic acids is 1. The van der Waals surface area contributed by atoms with Crippen LogP contribution in [0.4, 0.5) is 0 Å². The number of esters is 1. The van der Waals surface area contributed by atoms with Crippen LogP contribution in [0.25, 0.3) is 0 Å². The summed E-state index contributed by atoms with van der Waals surface area (Å²) >= 11 is 0. The summed E-state index contributed by atoms with van der Waals surface area (Å²) in [5.41, 5.74) is 0. The largest absolute Gasteiger partial charge is 0.515 e. The molecule has 1 atom stereocenters. The summed E-state index contributed by atoms with van der Waals surface area (Å²) in [6.07, 6.45) is 1.33. The van der Waals surface area contributed by atoms with Crippen LogP contribution in [0.5, 0.6) is 0 Å². The summed E-state index contributed by atoms with van der Waals surface area (Å²) in [6.45, 7) is 4.13. The first kappa shape index (κ1) is 11.0. The zero-order chi connectivity index (χ0) is 10.6. The van der Waals surface area contributed by atoms with Crippen LogP contribution in [0.2, 0.25) is 0 Å². The van der Waals surface area contributed by atoms with E-state index in [1.54, 1.807) is 13.8 Å². The highest BCUT2D eigenvalue weighted by atomic mass is 16.7. The van der Waals surface area contributed by atoms with Gasteiger partial charge in [-0.2, -0.15) is 0 Å². The van der Waals surface area contributed by atoms with Gasteiger partial charge in [-0.05, 0) is 13.8 Å². The van der Waals surface area contributed by atoms with E-state index in [1.165, 1.54) is 0 Å². The minimum Gasteiger partial charge on any atom is -0.515 e. The van der Waals surface area contributed by atoms with E-state index in [0.717, 1.165) is 6.08 Å². The number of ether oxygens (including phenoxy) is 3. The van der Waals surface area contributed by atoms with Crippen LogP contribution in [0.3, 0.4) is 0 Å². The maximum atomic E-state index is 10.8. The van der Waals surface area contributed by atoms with Gasteiger partial charge in [0.05, 0.1) is 18.9 Å². The summed E-state index contributed by atoms with van der Waals surface area (Å²) in [7, 11) is 0. The van der Waals surface area contributed by atoms with E-state index in [2.05, 4.69) is 0 Å². The van der Waals surface area contributed by atoms with Crippen LogP contribution in [-0.4, -0.2) is 36.2 Å². The van der Waals surface area contributed by atoms with E-state index in [9.17, 15) is 4.79 Å². The minimum absolute atomic E-state index is 0.132. The van der Waals surface area contributed by atoms with Crippen LogP contribution in [0, 0.1) is 0 Å². The predicted molar refractivity (Wildman–Crippen MR) is 47.6 cm³/mol. The van der Waals surface area contributed by atoms with E-state index < -0.39 is 11.8 Å². The minimum atomic E-state index is -0.607. The van der Waals surface area contributed by atoms with Gasteiger partial charge >= 0.3 is 5.97 Å². The van der Waals surface area contributed by atoms with Gasteiger partial charge in [0.1, 0.15) is 12.7 Å². The average Bonchev–Trinajstić information content (AvgIpc) is 2.43. The van der Waals surface area contributed by atoms with E-state index in [1.807, 2.05) is 0 Å². The molecule has 14 heavy (non-hydrogen) atoms.